The molecule has 68 valence electrons. The highest BCUT2D eigenvalue weighted by atomic mass is 35.5. The third-order valence-corrected chi connectivity index (χ3v) is 2.08. The van der Waals surface area contributed by atoms with Crippen LogP contribution in [-0.2, 0) is 0 Å². The Hall–Kier alpha value is -0.760. The summed E-state index contributed by atoms with van der Waals surface area (Å²) in [6.07, 6.45) is 3.49. The van der Waals surface area contributed by atoms with Crippen molar-refractivity contribution >= 4 is 23.4 Å². The van der Waals surface area contributed by atoms with Crippen molar-refractivity contribution in [3.63, 3.8) is 0 Å². The molecule has 3 nitrogen and oxygen atoms in total. The van der Waals surface area contributed by atoms with Gasteiger partial charge in [0.15, 0.2) is 5.16 Å². The van der Waals surface area contributed by atoms with Crippen molar-refractivity contribution < 1.29 is 0 Å². The molecule has 0 fully saturated rings. The number of nitrogens with two attached hydrogens (primary N) is 1. The minimum atomic E-state index is 0.306. The van der Waals surface area contributed by atoms with Crippen LogP contribution in [0.5, 0.6) is 0 Å². The molecule has 0 aliphatic carbocycles. The van der Waals surface area contributed by atoms with Gasteiger partial charge in [-0.15, -0.1) is 0 Å². The molecule has 5 heteroatoms. The lowest BCUT2D eigenvalue weighted by Crippen LogP contribution is -1.94. The molecule has 2 N–H and O–H groups in total. The zero-order chi connectivity index (χ0) is 9.68. The first kappa shape index (κ1) is 10.3. The van der Waals surface area contributed by atoms with Crippen LogP contribution >= 0.6 is 23.4 Å². The maximum atomic E-state index is 5.84. The highest BCUT2D eigenvalue weighted by molar-refractivity contribution is 7.98. The topological polar surface area (TPSA) is 51.8 Å². The maximum absolute atomic E-state index is 5.84. The zero-order valence-corrected chi connectivity index (χ0v) is 8.61. The summed E-state index contributed by atoms with van der Waals surface area (Å²) in [5.74, 6) is 5.47. The fourth-order valence-electron chi connectivity index (χ4n) is 0.675. The lowest BCUT2D eigenvalue weighted by molar-refractivity contribution is 0.965. The van der Waals surface area contributed by atoms with Gasteiger partial charge in [0.05, 0.1) is 12.1 Å². The van der Waals surface area contributed by atoms with Gasteiger partial charge in [-0.25, -0.2) is 9.97 Å². The van der Waals surface area contributed by atoms with Crippen molar-refractivity contribution in [2.24, 2.45) is 5.73 Å². The molecule has 0 atom stereocenters. The Bertz CT molecular complexity index is 356. The van der Waals surface area contributed by atoms with Crippen molar-refractivity contribution in [1.82, 2.24) is 9.97 Å². The lowest BCUT2D eigenvalue weighted by Gasteiger charge is -1.96. The third kappa shape index (κ3) is 2.88. The fourth-order valence-corrected chi connectivity index (χ4v) is 1.24. The summed E-state index contributed by atoms with van der Waals surface area (Å²) in [4.78, 5) is 8.05. The summed E-state index contributed by atoms with van der Waals surface area (Å²) in [6, 6.07) is 0. The Morgan fingerprint density at radius 2 is 2.46 bits per heavy atom. The van der Waals surface area contributed by atoms with Gasteiger partial charge < -0.3 is 5.73 Å². The van der Waals surface area contributed by atoms with E-state index in [-0.39, 0.29) is 0 Å². The summed E-state index contributed by atoms with van der Waals surface area (Å²) in [6.45, 7) is 0.306. The van der Waals surface area contributed by atoms with Crippen LogP contribution in [0.1, 0.15) is 5.56 Å². The van der Waals surface area contributed by atoms with Gasteiger partial charge in [0, 0.05) is 6.20 Å². The zero-order valence-electron chi connectivity index (χ0n) is 7.04. The standard InChI is InChI=1S/C8H8ClN3S/c1-13-8-11-5-6(3-2-4-10)7(9)12-8/h5H,4,10H2,1H3. The van der Waals surface area contributed by atoms with Gasteiger partial charge in [0.1, 0.15) is 5.15 Å². The van der Waals surface area contributed by atoms with Crippen LogP contribution in [0.4, 0.5) is 0 Å². The first-order valence-electron chi connectivity index (χ1n) is 3.53. The monoisotopic (exact) mass is 213 g/mol. The average Bonchev–Trinajstić information content (AvgIpc) is 2.16. The van der Waals surface area contributed by atoms with Crippen molar-refractivity contribution in [3.05, 3.63) is 16.9 Å². The van der Waals surface area contributed by atoms with Gasteiger partial charge in [0.2, 0.25) is 0 Å². The molecule has 0 aromatic carbocycles. The van der Waals surface area contributed by atoms with Crippen LogP contribution in [0.3, 0.4) is 0 Å². The lowest BCUT2D eigenvalue weighted by atomic mass is 10.3. The van der Waals surface area contributed by atoms with Gasteiger partial charge in [-0.2, -0.15) is 0 Å². The molecule has 0 aliphatic rings. The Kier molecular flexibility index (Phi) is 4.03. The molecule has 0 saturated carbocycles. The smallest absolute Gasteiger partial charge is 0.188 e. The molecular formula is C8H8ClN3S. The predicted octanol–water partition coefficient (Wildman–Crippen LogP) is 1.16. The highest BCUT2D eigenvalue weighted by Gasteiger charge is 2.00. The van der Waals surface area contributed by atoms with Crippen LogP contribution in [0.2, 0.25) is 5.15 Å². The van der Waals surface area contributed by atoms with Crippen LogP contribution in [-0.4, -0.2) is 22.8 Å². The van der Waals surface area contributed by atoms with Crippen molar-refractivity contribution in [2.45, 2.75) is 5.16 Å². The number of rotatable bonds is 1. The van der Waals surface area contributed by atoms with Crippen LogP contribution < -0.4 is 5.73 Å². The quantitative estimate of drug-likeness (QED) is 0.329. The van der Waals surface area contributed by atoms with Crippen LogP contribution in [0.25, 0.3) is 0 Å². The number of hydrogen-bond donors (Lipinski definition) is 1. The molecule has 1 rings (SSSR count). The summed E-state index contributed by atoms with van der Waals surface area (Å²) >= 11 is 7.27. The SMILES string of the molecule is CSc1ncc(C#CCN)c(Cl)n1. The number of hydrogen-bond acceptors (Lipinski definition) is 4. The summed E-state index contributed by atoms with van der Waals surface area (Å²) < 4.78 is 0. The molecule has 0 bridgehead atoms. The Morgan fingerprint density at radius 3 is 3.00 bits per heavy atom. The molecule has 1 aromatic heterocycles. The van der Waals surface area contributed by atoms with E-state index in [4.69, 9.17) is 17.3 Å². The van der Waals surface area contributed by atoms with Crippen molar-refractivity contribution in [2.75, 3.05) is 12.8 Å². The van der Waals surface area contributed by atoms with Crippen LogP contribution in [0.15, 0.2) is 11.4 Å². The number of aromatic nitrogens is 2. The number of nitrogens with zero attached hydrogens (tertiary/aromatic N) is 2. The second kappa shape index (κ2) is 5.07. The number of halogens is 1. The van der Waals surface area contributed by atoms with Gasteiger partial charge in [0.25, 0.3) is 0 Å². The van der Waals surface area contributed by atoms with Crippen molar-refractivity contribution in [1.29, 1.82) is 0 Å². The summed E-state index contributed by atoms with van der Waals surface area (Å²) in [7, 11) is 0. The first-order valence-corrected chi connectivity index (χ1v) is 5.13. The van der Waals surface area contributed by atoms with E-state index in [1.807, 2.05) is 6.26 Å². The van der Waals surface area contributed by atoms with E-state index in [0.29, 0.717) is 22.4 Å². The second-order valence-corrected chi connectivity index (χ2v) is 3.20. The van der Waals surface area contributed by atoms with E-state index >= 15 is 0 Å². The predicted molar refractivity (Wildman–Crippen MR) is 54.8 cm³/mol. The Morgan fingerprint density at radius 1 is 1.69 bits per heavy atom. The average molecular weight is 214 g/mol. The van der Waals surface area contributed by atoms with Gasteiger partial charge in [-0.1, -0.05) is 35.2 Å². The maximum Gasteiger partial charge on any atom is 0.188 e. The largest absolute Gasteiger partial charge is 0.320 e. The molecule has 0 radical (unpaired) electrons. The third-order valence-electron chi connectivity index (χ3n) is 1.23. The minimum Gasteiger partial charge on any atom is -0.320 e. The van der Waals surface area contributed by atoms with E-state index in [1.54, 1.807) is 6.20 Å². The molecule has 0 amide bonds. The minimum absolute atomic E-state index is 0.306. The second-order valence-electron chi connectivity index (χ2n) is 2.07. The summed E-state index contributed by atoms with van der Waals surface area (Å²) in [5.41, 5.74) is 5.84. The van der Waals surface area contributed by atoms with Crippen LogP contribution in [0, 0.1) is 11.8 Å². The normalized spacial score (nSPS) is 9.15. The molecule has 1 heterocycles. The van der Waals surface area contributed by atoms with Gasteiger partial charge in [-0.05, 0) is 6.26 Å². The fraction of sp³-hybridized carbons (Fsp3) is 0.250. The van der Waals surface area contributed by atoms with E-state index in [2.05, 4.69) is 21.8 Å². The molecule has 1 aromatic rings. The Balaban J connectivity index is 2.98. The molecule has 0 aliphatic heterocycles. The van der Waals surface area contributed by atoms with Gasteiger partial charge in [-0.3, -0.25) is 0 Å². The highest BCUT2D eigenvalue weighted by Crippen LogP contribution is 2.15. The molecule has 13 heavy (non-hydrogen) atoms. The van der Waals surface area contributed by atoms with Crippen molar-refractivity contribution in [3.8, 4) is 11.8 Å². The van der Waals surface area contributed by atoms with Gasteiger partial charge >= 0.3 is 0 Å². The number of thioether (sulfide) groups is 1. The Labute approximate surface area is 86.1 Å². The molecule has 0 saturated heterocycles. The molecule has 0 spiro atoms. The summed E-state index contributed by atoms with van der Waals surface area (Å²) in [5, 5.41) is 1.02. The van der Waals surface area contributed by atoms with E-state index < -0.39 is 0 Å². The molecular weight excluding hydrogens is 206 g/mol. The van der Waals surface area contributed by atoms with E-state index in [0.717, 1.165) is 0 Å². The van der Waals surface area contributed by atoms with E-state index in [1.165, 1.54) is 11.8 Å². The van der Waals surface area contributed by atoms with E-state index in [9.17, 15) is 0 Å². The first-order chi connectivity index (χ1) is 6.27. The molecule has 0 unspecified atom stereocenters.